The van der Waals surface area contributed by atoms with Crippen molar-refractivity contribution >= 4 is 11.8 Å². The van der Waals surface area contributed by atoms with Crippen LogP contribution in [-0.2, 0) is 4.79 Å². The molecule has 0 spiro atoms. The van der Waals surface area contributed by atoms with Crippen molar-refractivity contribution in [3.05, 3.63) is 24.0 Å². The molecular formula is C9H10N2O4. The molecule has 0 aliphatic carbocycles. The van der Waals surface area contributed by atoms with Crippen LogP contribution in [0, 0.1) is 0 Å². The number of hydrogen-bond acceptors (Lipinski definition) is 5. The highest BCUT2D eigenvalue weighted by atomic mass is 16.4. The Labute approximate surface area is 85.4 Å². The van der Waals surface area contributed by atoms with Gasteiger partial charge in [0, 0.05) is 12.6 Å². The molecular weight excluding hydrogens is 200 g/mol. The van der Waals surface area contributed by atoms with E-state index < -0.39 is 17.8 Å². The summed E-state index contributed by atoms with van der Waals surface area (Å²) in [7, 11) is 0. The summed E-state index contributed by atoms with van der Waals surface area (Å²) in [6.07, 6.45) is 0.944. The number of pyridine rings is 1. The number of nitrogens with two attached hydrogens (primary N) is 1. The number of aromatic nitrogens is 1. The van der Waals surface area contributed by atoms with Gasteiger partial charge < -0.3 is 15.9 Å². The molecule has 0 amide bonds. The molecule has 0 saturated heterocycles. The minimum absolute atomic E-state index is 0.158. The van der Waals surface area contributed by atoms with E-state index >= 15 is 0 Å². The molecule has 0 fully saturated rings. The maximum absolute atomic E-state index is 11.4. The number of carbonyl (C=O) groups is 2. The van der Waals surface area contributed by atoms with Gasteiger partial charge in [-0.05, 0) is 12.1 Å². The number of aromatic hydroxyl groups is 1. The molecule has 1 rings (SSSR count). The molecule has 80 valence electrons. The molecule has 1 aromatic rings. The first-order valence-corrected chi connectivity index (χ1v) is 4.18. The summed E-state index contributed by atoms with van der Waals surface area (Å²) in [5, 5.41) is 17.7. The van der Waals surface area contributed by atoms with Gasteiger partial charge >= 0.3 is 5.97 Å². The largest absolute Gasteiger partial charge is 0.506 e. The Morgan fingerprint density at radius 2 is 2.20 bits per heavy atom. The van der Waals surface area contributed by atoms with Crippen molar-refractivity contribution in [2.24, 2.45) is 5.73 Å². The van der Waals surface area contributed by atoms with Crippen molar-refractivity contribution in [3.63, 3.8) is 0 Å². The molecule has 0 radical (unpaired) electrons. The van der Waals surface area contributed by atoms with Crippen molar-refractivity contribution in [2.45, 2.75) is 12.5 Å². The summed E-state index contributed by atoms with van der Waals surface area (Å²) >= 11 is 0. The minimum Gasteiger partial charge on any atom is -0.506 e. The number of rotatable bonds is 4. The Bertz CT molecular complexity index is 391. The van der Waals surface area contributed by atoms with E-state index in [4.69, 9.17) is 10.8 Å². The fourth-order valence-electron chi connectivity index (χ4n) is 0.995. The number of hydrogen-bond donors (Lipinski definition) is 3. The fourth-order valence-corrected chi connectivity index (χ4v) is 0.995. The standard InChI is InChI=1S/C9H10N2O4/c10-5(9(14)15)4-7(13)8-6(12)2-1-3-11-8/h1-3,5,12H,4,10H2,(H,14,15)/t5-/m0/s1. The number of ketones is 1. The van der Waals surface area contributed by atoms with Crippen LogP contribution in [0.3, 0.4) is 0 Å². The summed E-state index contributed by atoms with van der Waals surface area (Å²) in [5.74, 6) is -2.14. The lowest BCUT2D eigenvalue weighted by atomic mass is 10.1. The van der Waals surface area contributed by atoms with Crippen LogP contribution in [0.2, 0.25) is 0 Å². The van der Waals surface area contributed by atoms with Crippen LogP contribution in [0.25, 0.3) is 0 Å². The molecule has 1 atom stereocenters. The van der Waals surface area contributed by atoms with Crippen molar-refractivity contribution in [1.29, 1.82) is 0 Å². The number of aliphatic carboxylic acids is 1. The van der Waals surface area contributed by atoms with Crippen LogP contribution in [-0.4, -0.2) is 33.0 Å². The van der Waals surface area contributed by atoms with E-state index in [0.717, 1.165) is 0 Å². The molecule has 0 aliphatic heterocycles. The number of nitrogens with zero attached hydrogens (tertiary/aromatic N) is 1. The summed E-state index contributed by atoms with van der Waals surface area (Å²) in [6, 6.07) is 1.48. The Hall–Kier alpha value is -1.95. The van der Waals surface area contributed by atoms with Gasteiger partial charge in [-0.1, -0.05) is 0 Å². The second-order valence-corrected chi connectivity index (χ2v) is 2.94. The first-order chi connectivity index (χ1) is 7.02. The normalized spacial score (nSPS) is 12.1. The van der Waals surface area contributed by atoms with Gasteiger partial charge in [-0.3, -0.25) is 9.59 Å². The Morgan fingerprint density at radius 1 is 1.53 bits per heavy atom. The average Bonchev–Trinajstić information content (AvgIpc) is 2.18. The number of carboxylic acid groups (broad SMARTS) is 1. The van der Waals surface area contributed by atoms with Crippen LogP contribution < -0.4 is 5.73 Å². The predicted molar refractivity (Wildman–Crippen MR) is 50.5 cm³/mol. The molecule has 0 aliphatic rings. The summed E-state index contributed by atoms with van der Waals surface area (Å²) in [4.78, 5) is 25.4. The van der Waals surface area contributed by atoms with Gasteiger partial charge in [0.2, 0.25) is 0 Å². The van der Waals surface area contributed by atoms with Crippen LogP contribution in [0.4, 0.5) is 0 Å². The smallest absolute Gasteiger partial charge is 0.320 e. The zero-order valence-corrected chi connectivity index (χ0v) is 7.75. The molecule has 0 aromatic carbocycles. The molecule has 0 bridgehead atoms. The van der Waals surface area contributed by atoms with E-state index in [1.165, 1.54) is 18.3 Å². The summed E-state index contributed by atoms with van der Waals surface area (Å²) < 4.78 is 0. The van der Waals surface area contributed by atoms with Crippen molar-refractivity contribution in [1.82, 2.24) is 4.98 Å². The third kappa shape index (κ3) is 2.75. The van der Waals surface area contributed by atoms with E-state index in [1.807, 2.05) is 0 Å². The van der Waals surface area contributed by atoms with Crippen LogP contribution in [0.1, 0.15) is 16.9 Å². The van der Waals surface area contributed by atoms with Gasteiger partial charge in [-0.15, -0.1) is 0 Å². The van der Waals surface area contributed by atoms with E-state index in [0.29, 0.717) is 0 Å². The fraction of sp³-hybridized carbons (Fsp3) is 0.222. The molecule has 1 heterocycles. The lowest BCUT2D eigenvalue weighted by molar-refractivity contribution is -0.138. The molecule has 0 unspecified atom stereocenters. The molecule has 6 heteroatoms. The monoisotopic (exact) mass is 210 g/mol. The zero-order valence-electron chi connectivity index (χ0n) is 7.75. The first kappa shape index (κ1) is 11.1. The third-order valence-electron chi connectivity index (χ3n) is 1.77. The van der Waals surface area contributed by atoms with Crippen LogP contribution >= 0.6 is 0 Å². The molecule has 0 saturated carbocycles. The van der Waals surface area contributed by atoms with Crippen LogP contribution in [0.5, 0.6) is 5.75 Å². The van der Waals surface area contributed by atoms with E-state index in [1.54, 1.807) is 0 Å². The molecule has 15 heavy (non-hydrogen) atoms. The highest BCUT2D eigenvalue weighted by molar-refractivity contribution is 5.99. The molecule has 6 nitrogen and oxygen atoms in total. The van der Waals surface area contributed by atoms with Gasteiger partial charge in [0.15, 0.2) is 5.78 Å². The highest BCUT2D eigenvalue weighted by Gasteiger charge is 2.20. The maximum atomic E-state index is 11.4. The maximum Gasteiger partial charge on any atom is 0.320 e. The SMILES string of the molecule is N[C@@H](CC(=O)c1ncccc1O)C(=O)O. The topological polar surface area (TPSA) is 114 Å². The van der Waals surface area contributed by atoms with Crippen molar-refractivity contribution in [3.8, 4) is 5.75 Å². The highest BCUT2D eigenvalue weighted by Crippen LogP contribution is 2.14. The summed E-state index contributed by atoms with van der Waals surface area (Å²) in [5.41, 5.74) is 5.02. The lowest BCUT2D eigenvalue weighted by Crippen LogP contribution is -2.32. The molecule has 4 N–H and O–H groups in total. The van der Waals surface area contributed by atoms with Gasteiger partial charge in [0.25, 0.3) is 0 Å². The minimum atomic E-state index is -1.28. The first-order valence-electron chi connectivity index (χ1n) is 4.18. The van der Waals surface area contributed by atoms with Gasteiger partial charge in [-0.2, -0.15) is 0 Å². The van der Waals surface area contributed by atoms with E-state index in [2.05, 4.69) is 4.98 Å². The molecule has 1 aromatic heterocycles. The quantitative estimate of drug-likeness (QED) is 0.591. The lowest BCUT2D eigenvalue weighted by Gasteiger charge is -2.05. The van der Waals surface area contributed by atoms with Gasteiger partial charge in [-0.25, -0.2) is 4.98 Å². The number of Topliss-reactive ketones (excluding diaryl/α,β-unsaturated/α-hetero) is 1. The van der Waals surface area contributed by atoms with Crippen LogP contribution in [0.15, 0.2) is 18.3 Å². The van der Waals surface area contributed by atoms with Crippen molar-refractivity contribution < 1.29 is 19.8 Å². The number of carbonyl (C=O) groups excluding carboxylic acids is 1. The van der Waals surface area contributed by atoms with Gasteiger partial charge in [0.05, 0.1) is 0 Å². The van der Waals surface area contributed by atoms with E-state index in [9.17, 15) is 14.7 Å². The number of carboxylic acids is 1. The van der Waals surface area contributed by atoms with Crippen molar-refractivity contribution in [2.75, 3.05) is 0 Å². The summed E-state index contributed by atoms with van der Waals surface area (Å²) in [6.45, 7) is 0. The third-order valence-corrected chi connectivity index (χ3v) is 1.77. The second-order valence-electron chi connectivity index (χ2n) is 2.94. The Morgan fingerprint density at radius 3 is 2.73 bits per heavy atom. The Kier molecular flexibility index (Phi) is 3.35. The van der Waals surface area contributed by atoms with E-state index in [-0.39, 0.29) is 17.9 Å². The van der Waals surface area contributed by atoms with Gasteiger partial charge in [0.1, 0.15) is 17.5 Å². The zero-order chi connectivity index (χ0) is 11.4. The average molecular weight is 210 g/mol. The predicted octanol–water partition coefficient (Wildman–Crippen LogP) is -0.228. The second kappa shape index (κ2) is 4.52. The Balaban J connectivity index is 2.78.